The standard InChI is InChI=1S/C10H15ClN2O/c1-6(2)7(3)14-10-8(12)4-5-9(11)13-10/h4-7H,12H2,1-3H3. The van der Waals surface area contributed by atoms with Crippen LogP contribution in [-0.2, 0) is 0 Å². The van der Waals surface area contributed by atoms with E-state index < -0.39 is 0 Å². The average molecular weight is 215 g/mol. The topological polar surface area (TPSA) is 48.1 Å². The molecule has 0 aliphatic carbocycles. The Morgan fingerprint density at radius 3 is 2.57 bits per heavy atom. The molecular formula is C10H15ClN2O. The second-order valence-electron chi connectivity index (χ2n) is 3.60. The molecule has 1 atom stereocenters. The number of pyridine rings is 1. The molecule has 1 aromatic rings. The van der Waals surface area contributed by atoms with Crippen molar-refractivity contribution < 1.29 is 4.74 Å². The number of aromatic nitrogens is 1. The Labute approximate surface area is 89.2 Å². The van der Waals surface area contributed by atoms with Gasteiger partial charge in [-0.25, -0.2) is 0 Å². The van der Waals surface area contributed by atoms with Gasteiger partial charge in [0.15, 0.2) is 0 Å². The Morgan fingerprint density at radius 2 is 2.00 bits per heavy atom. The van der Waals surface area contributed by atoms with Crippen molar-refractivity contribution in [3.05, 3.63) is 17.3 Å². The average Bonchev–Trinajstić information content (AvgIpc) is 2.11. The first-order valence-corrected chi connectivity index (χ1v) is 4.97. The van der Waals surface area contributed by atoms with Crippen LogP contribution < -0.4 is 10.5 Å². The molecule has 0 saturated heterocycles. The first-order chi connectivity index (χ1) is 6.50. The monoisotopic (exact) mass is 214 g/mol. The Kier molecular flexibility index (Phi) is 3.58. The van der Waals surface area contributed by atoms with Crippen LogP contribution in [0.3, 0.4) is 0 Å². The first kappa shape index (κ1) is 11.1. The van der Waals surface area contributed by atoms with Crippen molar-refractivity contribution in [1.82, 2.24) is 4.98 Å². The van der Waals surface area contributed by atoms with Crippen molar-refractivity contribution in [1.29, 1.82) is 0 Å². The van der Waals surface area contributed by atoms with E-state index in [-0.39, 0.29) is 6.10 Å². The van der Waals surface area contributed by atoms with Crippen LogP contribution >= 0.6 is 11.6 Å². The fraction of sp³-hybridized carbons (Fsp3) is 0.500. The molecule has 0 amide bonds. The molecule has 0 bridgehead atoms. The third-order valence-corrected chi connectivity index (χ3v) is 2.30. The van der Waals surface area contributed by atoms with E-state index in [1.165, 1.54) is 0 Å². The SMILES string of the molecule is CC(C)C(C)Oc1nc(Cl)ccc1N. The van der Waals surface area contributed by atoms with E-state index in [9.17, 15) is 0 Å². The molecule has 0 radical (unpaired) electrons. The number of hydrogen-bond acceptors (Lipinski definition) is 3. The zero-order chi connectivity index (χ0) is 10.7. The molecule has 0 aliphatic heterocycles. The summed E-state index contributed by atoms with van der Waals surface area (Å²) in [6.45, 7) is 6.13. The lowest BCUT2D eigenvalue weighted by atomic mass is 10.1. The molecule has 1 heterocycles. The molecular weight excluding hydrogens is 200 g/mol. The molecule has 14 heavy (non-hydrogen) atoms. The van der Waals surface area contributed by atoms with E-state index in [4.69, 9.17) is 22.1 Å². The van der Waals surface area contributed by atoms with E-state index >= 15 is 0 Å². The van der Waals surface area contributed by atoms with Crippen LogP contribution in [0.5, 0.6) is 5.88 Å². The van der Waals surface area contributed by atoms with Gasteiger partial charge >= 0.3 is 0 Å². The number of nitrogens with zero attached hydrogens (tertiary/aromatic N) is 1. The summed E-state index contributed by atoms with van der Waals surface area (Å²) in [6, 6.07) is 3.33. The maximum Gasteiger partial charge on any atom is 0.238 e. The molecule has 0 aromatic carbocycles. The van der Waals surface area contributed by atoms with Gasteiger partial charge in [-0.3, -0.25) is 0 Å². The second-order valence-corrected chi connectivity index (χ2v) is 3.98. The molecule has 0 saturated carbocycles. The van der Waals surface area contributed by atoms with Crippen LogP contribution in [0.2, 0.25) is 5.15 Å². The largest absolute Gasteiger partial charge is 0.473 e. The molecule has 0 spiro atoms. The fourth-order valence-corrected chi connectivity index (χ4v) is 0.975. The van der Waals surface area contributed by atoms with Gasteiger partial charge < -0.3 is 10.5 Å². The molecule has 3 nitrogen and oxygen atoms in total. The van der Waals surface area contributed by atoms with Gasteiger partial charge in [-0.15, -0.1) is 0 Å². The van der Waals surface area contributed by atoms with Crippen molar-refractivity contribution in [3.63, 3.8) is 0 Å². The lowest BCUT2D eigenvalue weighted by Crippen LogP contribution is -2.19. The number of nitrogens with two attached hydrogens (primary N) is 1. The number of ether oxygens (including phenoxy) is 1. The van der Waals surface area contributed by atoms with Crippen molar-refractivity contribution >= 4 is 17.3 Å². The molecule has 2 N–H and O–H groups in total. The second kappa shape index (κ2) is 4.51. The lowest BCUT2D eigenvalue weighted by molar-refractivity contribution is 0.164. The normalized spacial score (nSPS) is 12.9. The molecule has 78 valence electrons. The Balaban J connectivity index is 2.80. The van der Waals surface area contributed by atoms with Gasteiger partial charge in [0.25, 0.3) is 0 Å². The van der Waals surface area contributed by atoms with E-state index in [0.717, 1.165) is 0 Å². The van der Waals surface area contributed by atoms with E-state index in [2.05, 4.69) is 18.8 Å². The minimum absolute atomic E-state index is 0.0725. The highest BCUT2D eigenvalue weighted by atomic mass is 35.5. The van der Waals surface area contributed by atoms with Crippen molar-refractivity contribution in [2.75, 3.05) is 5.73 Å². The molecule has 4 heteroatoms. The molecule has 1 unspecified atom stereocenters. The van der Waals surface area contributed by atoms with Crippen LogP contribution in [0, 0.1) is 5.92 Å². The van der Waals surface area contributed by atoms with Gasteiger partial charge in [0.2, 0.25) is 5.88 Å². The van der Waals surface area contributed by atoms with Crippen LogP contribution in [0.25, 0.3) is 0 Å². The van der Waals surface area contributed by atoms with Crippen LogP contribution in [0.1, 0.15) is 20.8 Å². The Hall–Kier alpha value is -0.960. The van der Waals surface area contributed by atoms with Gasteiger partial charge in [0.1, 0.15) is 5.15 Å². The van der Waals surface area contributed by atoms with Crippen LogP contribution in [0.4, 0.5) is 5.69 Å². The summed E-state index contributed by atoms with van der Waals surface area (Å²) in [7, 11) is 0. The zero-order valence-corrected chi connectivity index (χ0v) is 9.38. The summed E-state index contributed by atoms with van der Waals surface area (Å²) >= 11 is 5.73. The number of rotatable bonds is 3. The highest BCUT2D eigenvalue weighted by Crippen LogP contribution is 2.23. The minimum Gasteiger partial charge on any atom is -0.473 e. The smallest absolute Gasteiger partial charge is 0.238 e. The van der Waals surface area contributed by atoms with Crippen molar-refractivity contribution in [2.24, 2.45) is 5.92 Å². The van der Waals surface area contributed by atoms with E-state index in [0.29, 0.717) is 22.6 Å². The summed E-state index contributed by atoms with van der Waals surface area (Å²) in [6.07, 6.45) is 0.0725. The maximum atomic E-state index is 5.73. The summed E-state index contributed by atoms with van der Waals surface area (Å²) in [5.41, 5.74) is 6.21. The van der Waals surface area contributed by atoms with Gasteiger partial charge in [0.05, 0.1) is 11.8 Å². The molecule has 1 aromatic heterocycles. The fourth-order valence-electron chi connectivity index (χ4n) is 0.835. The Morgan fingerprint density at radius 1 is 1.36 bits per heavy atom. The van der Waals surface area contributed by atoms with Gasteiger partial charge in [-0.2, -0.15) is 4.98 Å². The van der Waals surface area contributed by atoms with E-state index in [1.54, 1.807) is 12.1 Å². The third kappa shape index (κ3) is 2.77. The lowest BCUT2D eigenvalue weighted by Gasteiger charge is -2.18. The van der Waals surface area contributed by atoms with Crippen molar-refractivity contribution in [2.45, 2.75) is 26.9 Å². The summed E-state index contributed by atoms with van der Waals surface area (Å²) < 4.78 is 5.57. The first-order valence-electron chi connectivity index (χ1n) is 4.59. The van der Waals surface area contributed by atoms with Crippen LogP contribution in [-0.4, -0.2) is 11.1 Å². The predicted octanol–water partition coefficient (Wildman–Crippen LogP) is 2.74. The number of halogens is 1. The van der Waals surface area contributed by atoms with Gasteiger partial charge in [-0.1, -0.05) is 25.4 Å². The number of nitrogen functional groups attached to an aromatic ring is 1. The quantitative estimate of drug-likeness (QED) is 0.788. The third-order valence-electron chi connectivity index (χ3n) is 2.09. The van der Waals surface area contributed by atoms with Gasteiger partial charge in [0, 0.05) is 0 Å². The van der Waals surface area contributed by atoms with Crippen molar-refractivity contribution in [3.8, 4) is 5.88 Å². The van der Waals surface area contributed by atoms with Gasteiger partial charge in [-0.05, 0) is 25.0 Å². The highest BCUT2D eigenvalue weighted by Gasteiger charge is 2.11. The molecule has 0 fully saturated rings. The summed E-state index contributed by atoms with van der Waals surface area (Å²) in [4.78, 5) is 4.01. The number of hydrogen-bond donors (Lipinski definition) is 1. The number of anilines is 1. The van der Waals surface area contributed by atoms with E-state index in [1.807, 2.05) is 6.92 Å². The summed E-state index contributed by atoms with van der Waals surface area (Å²) in [5, 5.41) is 0.394. The summed E-state index contributed by atoms with van der Waals surface area (Å²) in [5.74, 6) is 0.828. The zero-order valence-electron chi connectivity index (χ0n) is 8.62. The Bertz CT molecular complexity index is 315. The highest BCUT2D eigenvalue weighted by molar-refractivity contribution is 6.29. The predicted molar refractivity (Wildman–Crippen MR) is 58.6 cm³/mol. The maximum absolute atomic E-state index is 5.73. The molecule has 0 aliphatic rings. The molecule has 1 rings (SSSR count). The minimum atomic E-state index is 0.0725. The van der Waals surface area contributed by atoms with Crippen LogP contribution in [0.15, 0.2) is 12.1 Å².